The second-order valence-electron chi connectivity index (χ2n) is 5.62. The number of hydrogen-bond donors (Lipinski definition) is 2. The number of carbonyl (C=O) groups is 2. The molecule has 0 saturated heterocycles. The molecule has 2 amide bonds. The highest BCUT2D eigenvalue weighted by atomic mass is 16.3. The topological polar surface area (TPSA) is 69.6 Å². The lowest BCUT2D eigenvalue weighted by Gasteiger charge is -2.28. The van der Waals surface area contributed by atoms with Gasteiger partial charge in [0.2, 0.25) is 0 Å². The van der Waals surface area contributed by atoms with Gasteiger partial charge in [-0.25, -0.2) is 4.79 Å². The van der Waals surface area contributed by atoms with Crippen molar-refractivity contribution in [1.82, 2.24) is 4.90 Å². The number of nitrogens with zero attached hydrogens (tertiary/aromatic N) is 1. The fourth-order valence-corrected chi connectivity index (χ4v) is 2.54. The summed E-state index contributed by atoms with van der Waals surface area (Å²) in [5.74, 6) is 0.163. The maximum Gasteiger partial charge on any atom is 0.322 e. The molecule has 0 saturated carbocycles. The van der Waals surface area contributed by atoms with Crippen LogP contribution in [0, 0.1) is 0 Å². The third-order valence-electron chi connectivity index (χ3n) is 3.96. The SMILES string of the molecule is CCN(C(=O)Nc1ccc(C(C)=O)cc1)[C@H](C)c1cccc(O)c1. The summed E-state index contributed by atoms with van der Waals surface area (Å²) in [7, 11) is 0. The van der Waals surface area contributed by atoms with E-state index < -0.39 is 0 Å². The van der Waals surface area contributed by atoms with Gasteiger partial charge in [0.15, 0.2) is 5.78 Å². The van der Waals surface area contributed by atoms with Crippen LogP contribution in [0.1, 0.15) is 42.7 Å². The number of ketones is 1. The smallest absolute Gasteiger partial charge is 0.322 e. The fourth-order valence-electron chi connectivity index (χ4n) is 2.54. The molecule has 0 fully saturated rings. The summed E-state index contributed by atoms with van der Waals surface area (Å²) < 4.78 is 0. The molecule has 0 aromatic heterocycles. The van der Waals surface area contributed by atoms with Gasteiger partial charge in [-0.3, -0.25) is 4.79 Å². The minimum absolute atomic E-state index is 0.0134. The number of benzene rings is 2. The number of hydrogen-bond acceptors (Lipinski definition) is 3. The van der Waals surface area contributed by atoms with Crippen LogP contribution in [-0.4, -0.2) is 28.4 Å². The van der Waals surface area contributed by atoms with Gasteiger partial charge in [0.1, 0.15) is 5.75 Å². The first-order chi connectivity index (χ1) is 11.4. The number of urea groups is 1. The summed E-state index contributed by atoms with van der Waals surface area (Å²) in [6.45, 7) is 5.84. The number of aromatic hydroxyl groups is 1. The molecule has 2 aromatic carbocycles. The Bertz CT molecular complexity index is 726. The number of phenolic OH excluding ortho intramolecular Hbond substituents is 1. The molecule has 0 aliphatic carbocycles. The van der Waals surface area contributed by atoms with Gasteiger partial charge in [-0.2, -0.15) is 0 Å². The van der Waals surface area contributed by atoms with Gasteiger partial charge in [0.25, 0.3) is 0 Å². The number of amides is 2. The summed E-state index contributed by atoms with van der Waals surface area (Å²) in [5, 5.41) is 12.5. The molecular formula is C19H22N2O3. The van der Waals surface area contributed by atoms with Gasteiger partial charge in [0.05, 0.1) is 6.04 Å². The molecule has 24 heavy (non-hydrogen) atoms. The zero-order valence-electron chi connectivity index (χ0n) is 14.1. The average molecular weight is 326 g/mol. The zero-order chi connectivity index (χ0) is 17.7. The molecule has 2 rings (SSSR count). The maximum absolute atomic E-state index is 12.5. The summed E-state index contributed by atoms with van der Waals surface area (Å²) in [6, 6.07) is 13.3. The lowest BCUT2D eigenvalue weighted by molar-refractivity contribution is 0.101. The maximum atomic E-state index is 12.5. The number of nitrogens with one attached hydrogen (secondary N) is 1. The Hall–Kier alpha value is -2.82. The van der Waals surface area contributed by atoms with Crippen molar-refractivity contribution in [2.24, 2.45) is 0 Å². The molecule has 0 aliphatic heterocycles. The van der Waals surface area contributed by atoms with E-state index in [0.29, 0.717) is 17.8 Å². The van der Waals surface area contributed by atoms with Crippen LogP contribution >= 0.6 is 0 Å². The third kappa shape index (κ3) is 4.13. The monoisotopic (exact) mass is 326 g/mol. The Kier molecular flexibility index (Phi) is 5.58. The van der Waals surface area contributed by atoms with Gasteiger partial charge >= 0.3 is 6.03 Å². The van der Waals surface area contributed by atoms with E-state index in [9.17, 15) is 14.7 Å². The van der Waals surface area contributed by atoms with Gasteiger partial charge in [0, 0.05) is 17.8 Å². The highest BCUT2D eigenvalue weighted by molar-refractivity contribution is 5.95. The van der Waals surface area contributed by atoms with Crippen LogP contribution in [-0.2, 0) is 0 Å². The van der Waals surface area contributed by atoms with Crippen LogP contribution < -0.4 is 5.32 Å². The number of phenols is 1. The summed E-state index contributed by atoms with van der Waals surface area (Å²) in [6.07, 6.45) is 0. The molecule has 0 aliphatic rings. The first-order valence-corrected chi connectivity index (χ1v) is 7.90. The van der Waals surface area contributed by atoms with Crippen LogP contribution in [0.2, 0.25) is 0 Å². The largest absolute Gasteiger partial charge is 0.508 e. The predicted molar refractivity (Wildman–Crippen MR) is 94.4 cm³/mol. The standard InChI is InChI=1S/C19H22N2O3/c1-4-21(13(2)16-6-5-7-18(23)12-16)19(24)20-17-10-8-15(9-11-17)14(3)22/h5-13,23H,4H2,1-3H3,(H,20,24)/t13-/m1/s1. The van der Waals surface area contributed by atoms with E-state index >= 15 is 0 Å². The molecule has 0 heterocycles. The van der Waals surface area contributed by atoms with Gasteiger partial charge in [-0.1, -0.05) is 12.1 Å². The van der Waals surface area contributed by atoms with Crippen LogP contribution in [0.5, 0.6) is 5.75 Å². The van der Waals surface area contributed by atoms with Crippen molar-refractivity contribution >= 4 is 17.5 Å². The van der Waals surface area contributed by atoms with Crippen molar-refractivity contribution in [1.29, 1.82) is 0 Å². The van der Waals surface area contributed by atoms with Crippen molar-refractivity contribution in [2.45, 2.75) is 26.8 Å². The van der Waals surface area contributed by atoms with Gasteiger partial charge in [-0.15, -0.1) is 0 Å². The molecule has 2 N–H and O–H groups in total. The van der Waals surface area contributed by atoms with E-state index in [0.717, 1.165) is 5.56 Å². The Morgan fingerprint density at radius 2 is 1.83 bits per heavy atom. The quantitative estimate of drug-likeness (QED) is 0.809. The van der Waals surface area contributed by atoms with E-state index in [1.54, 1.807) is 47.4 Å². The highest BCUT2D eigenvalue weighted by Crippen LogP contribution is 2.24. The van der Waals surface area contributed by atoms with Crippen molar-refractivity contribution in [2.75, 3.05) is 11.9 Å². The zero-order valence-corrected chi connectivity index (χ0v) is 14.1. The fraction of sp³-hybridized carbons (Fsp3) is 0.263. The Labute approximate surface area is 141 Å². The molecule has 0 radical (unpaired) electrons. The van der Waals surface area contributed by atoms with E-state index in [-0.39, 0.29) is 23.6 Å². The lowest BCUT2D eigenvalue weighted by atomic mass is 10.1. The molecule has 0 spiro atoms. The van der Waals surface area contributed by atoms with Crippen molar-refractivity contribution in [3.8, 4) is 5.75 Å². The Morgan fingerprint density at radius 3 is 2.38 bits per heavy atom. The number of anilines is 1. The average Bonchev–Trinajstić information content (AvgIpc) is 2.56. The summed E-state index contributed by atoms with van der Waals surface area (Å²) >= 11 is 0. The van der Waals surface area contributed by atoms with Gasteiger partial charge < -0.3 is 15.3 Å². The highest BCUT2D eigenvalue weighted by Gasteiger charge is 2.20. The molecule has 2 aromatic rings. The van der Waals surface area contributed by atoms with Crippen LogP contribution in [0.3, 0.4) is 0 Å². The third-order valence-corrected chi connectivity index (χ3v) is 3.96. The molecule has 0 unspecified atom stereocenters. The summed E-state index contributed by atoms with van der Waals surface area (Å²) in [4.78, 5) is 25.5. The Balaban J connectivity index is 2.12. The van der Waals surface area contributed by atoms with Crippen molar-refractivity contribution in [3.05, 3.63) is 59.7 Å². The second-order valence-corrected chi connectivity index (χ2v) is 5.62. The van der Waals surface area contributed by atoms with Crippen LogP contribution in [0.15, 0.2) is 48.5 Å². The molecule has 0 bridgehead atoms. The first kappa shape index (κ1) is 17.5. The van der Waals surface area contributed by atoms with Gasteiger partial charge in [-0.05, 0) is 62.7 Å². The Morgan fingerprint density at radius 1 is 1.17 bits per heavy atom. The molecule has 1 atom stereocenters. The van der Waals surface area contributed by atoms with E-state index in [1.807, 2.05) is 19.9 Å². The lowest BCUT2D eigenvalue weighted by Crippen LogP contribution is -2.36. The normalized spacial score (nSPS) is 11.6. The number of carbonyl (C=O) groups excluding carboxylic acids is 2. The number of rotatable bonds is 5. The van der Waals surface area contributed by atoms with E-state index in [2.05, 4.69) is 5.32 Å². The van der Waals surface area contributed by atoms with E-state index in [1.165, 1.54) is 6.92 Å². The predicted octanol–water partition coefficient (Wildman–Crippen LogP) is 4.21. The molecule has 5 nitrogen and oxygen atoms in total. The minimum atomic E-state index is -0.232. The number of Topliss-reactive ketones (excluding diaryl/α,β-unsaturated/α-hetero) is 1. The van der Waals surface area contributed by atoms with Crippen molar-refractivity contribution in [3.63, 3.8) is 0 Å². The van der Waals surface area contributed by atoms with Crippen LogP contribution in [0.25, 0.3) is 0 Å². The molecule has 126 valence electrons. The summed E-state index contributed by atoms with van der Waals surface area (Å²) in [5.41, 5.74) is 2.10. The minimum Gasteiger partial charge on any atom is -0.508 e. The first-order valence-electron chi connectivity index (χ1n) is 7.90. The second kappa shape index (κ2) is 7.64. The van der Waals surface area contributed by atoms with Crippen molar-refractivity contribution < 1.29 is 14.7 Å². The van der Waals surface area contributed by atoms with Crippen LogP contribution in [0.4, 0.5) is 10.5 Å². The van der Waals surface area contributed by atoms with E-state index in [4.69, 9.17) is 0 Å². The molecule has 5 heteroatoms. The molecular weight excluding hydrogens is 304 g/mol.